The van der Waals surface area contributed by atoms with E-state index >= 15 is 0 Å². The fraction of sp³-hybridized carbons (Fsp3) is 0.217. The molecule has 1 N–H and O–H groups in total. The summed E-state index contributed by atoms with van der Waals surface area (Å²) in [5.74, 6) is 0.401. The van der Waals surface area contributed by atoms with Gasteiger partial charge in [0.25, 0.3) is 0 Å². The SMILES string of the molecule is C[C@@H]1COc2c(Cl)cc(-n3ccc4cc(F)ccc43)cc2CN1Cc1cc[nH]c(=O)n1. The smallest absolute Gasteiger partial charge is 0.345 e. The highest BCUT2D eigenvalue weighted by atomic mass is 35.5. The lowest BCUT2D eigenvalue weighted by atomic mass is 10.1. The standard InChI is InChI=1S/C23H20ClFN4O2/c1-14-13-31-22-16(11-28(14)12-18-4-6-26-23(30)27-18)9-19(10-20(22)24)29-7-5-15-8-17(25)2-3-21(15)29/h2-10,14H,11-13H2,1H3,(H,26,27,30)/t14-/m1/s1. The van der Waals surface area contributed by atoms with Gasteiger partial charge in [-0.05, 0) is 49.4 Å². The molecular formula is C23H20ClFN4O2. The topological polar surface area (TPSA) is 63.1 Å². The number of fused-ring (bicyclic) bond motifs is 2. The third kappa shape index (κ3) is 3.82. The van der Waals surface area contributed by atoms with Crippen LogP contribution in [-0.2, 0) is 13.1 Å². The Morgan fingerprint density at radius 2 is 2.13 bits per heavy atom. The van der Waals surface area contributed by atoms with Gasteiger partial charge in [0, 0.05) is 48.2 Å². The Balaban J connectivity index is 1.53. The van der Waals surface area contributed by atoms with Crippen LogP contribution in [0.3, 0.4) is 0 Å². The van der Waals surface area contributed by atoms with E-state index in [9.17, 15) is 9.18 Å². The van der Waals surface area contributed by atoms with Crippen LogP contribution in [-0.4, -0.2) is 32.1 Å². The van der Waals surface area contributed by atoms with Gasteiger partial charge in [-0.2, -0.15) is 4.98 Å². The molecule has 0 unspecified atom stereocenters. The maximum absolute atomic E-state index is 13.6. The molecular weight excluding hydrogens is 419 g/mol. The van der Waals surface area contributed by atoms with Crippen molar-refractivity contribution in [3.63, 3.8) is 0 Å². The van der Waals surface area contributed by atoms with Gasteiger partial charge in [-0.15, -0.1) is 0 Å². The third-order valence-electron chi connectivity index (χ3n) is 5.59. The summed E-state index contributed by atoms with van der Waals surface area (Å²) < 4.78 is 21.6. The fourth-order valence-corrected chi connectivity index (χ4v) is 4.28. The molecule has 0 saturated heterocycles. The lowest BCUT2D eigenvalue weighted by Crippen LogP contribution is -2.35. The molecule has 4 aromatic rings. The van der Waals surface area contributed by atoms with Gasteiger partial charge >= 0.3 is 5.69 Å². The lowest BCUT2D eigenvalue weighted by Gasteiger charge is -2.25. The molecule has 8 heteroatoms. The first-order chi connectivity index (χ1) is 15.0. The second-order valence-electron chi connectivity index (χ2n) is 7.76. The zero-order valence-electron chi connectivity index (χ0n) is 16.8. The number of ether oxygens (including phenoxy) is 1. The second kappa shape index (κ2) is 7.83. The van der Waals surface area contributed by atoms with Crippen molar-refractivity contribution in [1.29, 1.82) is 0 Å². The van der Waals surface area contributed by atoms with Crippen molar-refractivity contribution in [3.05, 3.63) is 87.4 Å². The van der Waals surface area contributed by atoms with E-state index in [4.69, 9.17) is 16.3 Å². The van der Waals surface area contributed by atoms with Crippen LogP contribution in [0.1, 0.15) is 18.2 Å². The highest BCUT2D eigenvalue weighted by molar-refractivity contribution is 6.32. The molecule has 31 heavy (non-hydrogen) atoms. The van der Waals surface area contributed by atoms with Crippen molar-refractivity contribution in [2.45, 2.75) is 26.1 Å². The molecule has 1 aliphatic heterocycles. The average Bonchev–Trinajstić information content (AvgIpc) is 3.08. The summed E-state index contributed by atoms with van der Waals surface area (Å²) in [6, 6.07) is 12.4. The zero-order valence-corrected chi connectivity index (χ0v) is 17.6. The Kier molecular flexibility index (Phi) is 5.00. The lowest BCUT2D eigenvalue weighted by molar-refractivity contribution is 0.149. The molecule has 5 rings (SSSR count). The van der Waals surface area contributed by atoms with Gasteiger partial charge in [0.1, 0.15) is 18.2 Å². The first-order valence-corrected chi connectivity index (χ1v) is 10.4. The molecule has 1 aliphatic rings. The van der Waals surface area contributed by atoms with Gasteiger partial charge in [0.2, 0.25) is 0 Å². The highest BCUT2D eigenvalue weighted by Crippen LogP contribution is 2.36. The first-order valence-electron chi connectivity index (χ1n) is 9.99. The Morgan fingerprint density at radius 1 is 1.26 bits per heavy atom. The number of nitrogens with zero attached hydrogens (tertiary/aromatic N) is 3. The van der Waals surface area contributed by atoms with Crippen molar-refractivity contribution >= 4 is 22.5 Å². The molecule has 0 spiro atoms. The fourth-order valence-electron chi connectivity index (χ4n) is 3.99. The molecule has 0 bridgehead atoms. The number of aromatic amines is 1. The first kappa shape index (κ1) is 19.8. The Labute approximate surface area is 182 Å². The molecule has 0 aliphatic carbocycles. The van der Waals surface area contributed by atoms with E-state index in [0.29, 0.717) is 36.2 Å². The number of halogens is 2. The summed E-state index contributed by atoms with van der Waals surface area (Å²) in [4.78, 5) is 20.4. The number of hydrogen-bond acceptors (Lipinski definition) is 4. The van der Waals surface area contributed by atoms with E-state index in [-0.39, 0.29) is 17.5 Å². The zero-order chi connectivity index (χ0) is 21.5. The van der Waals surface area contributed by atoms with Gasteiger partial charge in [0.05, 0.1) is 16.2 Å². The van der Waals surface area contributed by atoms with Gasteiger partial charge in [-0.3, -0.25) is 4.90 Å². The van der Waals surface area contributed by atoms with E-state index < -0.39 is 0 Å². The van der Waals surface area contributed by atoms with E-state index in [1.807, 2.05) is 29.0 Å². The van der Waals surface area contributed by atoms with Crippen LogP contribution in [0.2, 0.25) is 5.02 Å². The molecule has 2 aromatic heterocycles. The van der Waals surface area contributed by atoms with Crippen molar-refractivity contribution in [3.8, 4) is 11.4 Å². The minimum Gasteiger partial charge on any atom is -0.490 e. The molecule has 3 heterocycles. The number of H-pyrrole nitrogens is 1. The number of aromatic nitrogens is 3. The Morgan fingerprint density at radius 3 is 2.97 bits per heavy atom. The summed E-state index contributed by atoms with van der Waals surface area (Å²) in [5, 5.41) is 1.35. The van der Waals surface area contributed by atoms with Gasteiger partial charge in [0.15, 0.2) is 0 Å². The monoisotopic (exact) mass is 438 g/mol. The largest absolute Gasteiger partial charge is 0.490 e. The molecule has 0 amide bonds. The molecule has 158 valence electrons. The number of rotatable bonds is 3. The molecule has 2 aromatic carbocycles. The number of nitrogens with one attached hydrogen (secondary N) is 1. The summed E-state index contributed by atoms with van der Waals surface area (Å²) in [6.07, 6.45) is 3.51. The Hall–Kier alpha value is -3.16. The predicted molar refractivity (Wildman–Crippen MR) is 117 cm³/mol. The molecule has 0 radical (unpaired) electrons. The quantitative estimate of drug-likeness (QED) is 0.518. The van der Waals surface area contributed by atoms with Crippen molar-refractivity contribution in [2.75, 3.05) is 6.61 Å². The van der Waals surface area contributed by atoms with Crippen LogP contribution in [0.15, 0.2) is 59.7 Å². The normalized spacial score (nSPS) is 16.7. The molecule has 6 nitrogen and oxygen atoms in total. The van der Waals surface area contributed by atoms with Crippen LogP contribution in [0.4, 0.5) is 4.39 Å². The van der Waals surface area contributed by atoms with Crippen LogP contribution >= 0.6 is 11.6 Å². The van der Waals surface area contributed by atoms with Gasteiger partial charge in [-0.25, -0.2) is 9.18 Å². The van der Waals surface area contributed by atoms with Crippen LogP contribution in [0, 0.1) is 5.82 Å². The van der Waals surface area contributed by atoms with Crippen molar-refractivity contribution in [2.24, 2.45) is 0 Å². The summed E-state index contributed by atoms with van der Waals surface area (Å²) >= 11 is 6.61. The second-order valence-corrected chi connectivity index (χ2v) is 8.16. The molecule has 0 saturated carbocycles. The van der Waals surface area contributed by atoms with E-state index in [2.05, 4.69) is 21.8 Å². The van der Waals surface area contributed by atoms with Crippen LogP contribution in [0.5, 0.6) is 5.75 Å². The number of hydrogen-bond donors (Lipinski definition) is 1. The minimum atomic E-state index is -0.363. The number of benzene rings is 2. The van der Waals surface area contributed by atoms with Crippen molar-refractivity contribution < 1.29 is 9.13 Å². The minimum absolute atomic E-state index is 0.100. The summed E-state index contributed by atoms with van der Waals surface area (Å²) in [5.41, 5.74) is 3.04. The summed E-state index contributed by atoms with van der Waals surface area (Å²) in [7, 11) is 0. The molecule has 1 atom stereocenters. The van der Waals surface area contributed by atoms with E-state index in [1.54, 1.807) is 18.3 Å². The maximum Gasteiger partial charge on any atom is 0.345 e. The third-order valence-corrected chi connectivity index (χ3v) is 5.87. The molecule has 0 fully saturated rings. The van der Waals surface area contributed by atoms with E-state index in [1.165, 1.54) is 12.1 Å². The van der Waals surface area contributed by atoms with Crippen molar-refractivity contribution in [1.82, 2.24) is 19.4 Å². The van der Waals surface area contributed by atoms with E-state index in [0.717, 1.165) is 22.2 Å². The van der Waals surface area contributed by atoms with Gasteiger partial charge in [-0.1, -0.05) is 11.6 Å². The summed E-state index contributed by atoms with van der Waals surface area (Å²) in [6.45, 7) is 3.65. The maximum atomic E-state index is 13.6. The van der Waals surface area contributed by atoms with Gasteiger partial charge < -0.3 is 14.3 Å². The average molecular weight is 439 g/mol. The van der Waals surface area contributed by atoms with Crippen LogP contribution in [0.25, 0.3) is 16.6 Å². The Bertz CT molecular complexity index is 1330. The van der Waals surface area contributed by atoms with Crippen LogP contribution < -0.4 is 10.4 Å². The highest BCUT2D eigenvalue weighted by Gasteiger charge is 2.24. The predicted octanol–water partition coefficient (Wildman–Crippen LogP) is 4.29.